The maximum absolute atomic E-state index is 13.0. The van der Waals surface area contributed by atoms with Gasteiger partial charge in [0.25, 0.3) is 0 Å². The Balaban J connectivity index is 2.44. The van der Waals surface area contributed by atoms with Crippen LogP contribution in [0.15, 0.2) is 36.5 Å². The van der Waals surface area contributed by atoms with Crippen LogP contribution >= 0.6 is 0 Å². The Kier molecular flexibility index (Phi) is 2.69. The first-order chi connectivity index (χ1) is 7.29. The second kappa shape index (κ2) is 4.14. The lowest BCUT2D eigenvalue weighted by molar-refractivity contribution is 0.628. The zero-order valence-corrected chi connectivity index (χ0v) is 8.02. The fourth-order valence-electron chi connectivity index (χ4n) is 1.28. The molecule has 0 saturated carbocycles. The van der Waals surface area contributed by atoms with E-state index in [9.17, 15) is 4.39 Å². The highest BCUT2D eigenvalue weighted by atomic mass is 19.1. The van der Waals surface area contributed by atoms with Gasteiger partial charge in [0, 0.05) is 18.3 Å². The lowest BCUT2D eigenvalue weighted by atomic mass is 10.2. The van der Waals surface area contributed by atoms with Crippen LogP contribution in [0.4, 0.5) is 4.39 Å². The summed E-state index contributed by atoms with van der Waals surface area (Å²) in [6.45, 7) is 0.352. The van der Waals surface area contributed by atoms with Gasteiger partial charge in [-0.15, -0.1) is 0 Å². The van der Waals surface area contributed by atoms with Crippen molar-refractivity contribution in [1.82, 2.24) is 9.97 Å². The summed E-state index contributed by atoms with van der Waals surface area (Å²) in [5.74, 6) is 0.201. The monoisotopic (exact) mass is 203 g/mol. The Morgan fingerprint density at radius 3 is 2.87 bits per heavy atom. The first-order valence-electron chi connectivity index (χ1n) is 4.57. The molecule has 1 heterocycles. The molecule has 2 rings (SSSR count). The van der Waals surface area contributed by atoms with Crippen LogP contribution < -0.4 is 5.73 Å². The van der Waals surface area contributed by atoms with Gasteiger partial charge in [0.05, 0.1) is 5.69 Å². The van der Waals surface area contributed by atoms with Gasteiger partial charge in [0.1, 0.15) is 5.82 Å². The minimum atomic E-state index is -0.297. The molecule has 0 saturated heterocycles. The van der Waals surface area contributed by atoms with E-state index in [0.29, 0.717) is 17.9 Å². The van der Waals surface area contributed by atoms with Crippen LogP contribution in [-0.2, 0) is 6.54 Å². The smallest absolute Gasteiger partial charge is 0.159 e. The maximum atomic E-state index is 13.0. The summed E-state index contributed by atoms with van der Waals surface area (Å²) in [5, 5.41) is 0. The number of aromatic nitrogens is 2. The van der Waals surface area contributed by atoms with Crippen molar-refractivity contribution in [1.29, 1.82) is 0 Å². The third-order valence-corrected chi connectivity index (χ3v) is 2.01. The van der Waals surface area contributed by atoms with Gasteiger partial charge < -0.3 is 5.73 Å². The van der Waals surface area contributed by atoms with Crippen LogP contribution in [0.5, 0.6) is 0 Å². The molecular weight excluding hydrogens is 193 g/mol. The van der Waals surface area contributed by atoms with Crippen LogP contribution in [0.2, 0.25) is 0 Å². The third kappa shape index (κ3) is 2.16. The maximum Gasteiger partial charge on any atom is 0.159 e. The summed E-state index contributed by atoms with van der Waals surface area (Å²) in [4.78, 5) is 8.27. The average molecular weight is 203 g/mol. The van der Waals surface area contributed by atoms with Crippen molar-refractivity contribution in [3.05, 3.63) is 48.0 Å². The molecule has 1 aromatic heterocycles. The number of nitrogens with two attached hydrogens (primary N) is 1. The van der Waals surface area contributed by atoms with Gasteiger partial charge in [-0.2, -0.15) is 0 Å². The molecule has 0 amide bonds. The number of halogens is 1. The van der Waals surface area contributed by atoms with E-state index in [1.54, 1.807) is 24.4 Å². The molecule has 2 aromatic rings. The van der Waals surface area contributed by atoms with Crippen molar-refractivity contribution in [2.75, 3.05) is 0 Å². The summed E-state index contributed by atoms with van der Waals surface area (Å²) >= 11 is 0. The lowest BCUT2D eigenvalue weighted by Crippen LogP contribution is -2.01. The molecule has 0 unspecified atom stereocenters. The van der Waals surface area contributed by atoms with Crippen molar-refractivity contribution in [2.45, 2.75) is 6.54 Å². The summed E-state index contributed by atoms with van der Waals surface area (Å²) in [6.07, 6.45) is 1.62. The molecule has 0 radical (unpaired) electrons. The van der Waals surface area contributed by atoms with Gasteiger partial charge in [-0.05, 0) is 18.2 Å². The minimum absolute atomic E-state index is 0.297. The molecule has 2 N–H and O–H groups in total. The predicted molar refractivity (Wildman–Crippen MR) is 55.3 cm³/mol. The van der Waals surface area contributed by atoms with Gasteiger partial charge >= 0.3 is 0 Å². The lowest BCUT2D eigenvalue weighted by Gasteiger charge is -2.01. The topological polar surface area (TPSA) is 51.8 Å². The summed E-state index contributed by atoms with van der Waals surface area (Å²) in [7, 11) is 0. The van der Waals surface area contributed by atoms with Gasteiger partial charge in [0.2, 0.25) is 0 Å². The molecule has 15 heavy (non-hydrogen) atoms. The minimum Gasteiger partial charge on any atom is -0.325 e. The van der Waals surface area contributed by atoms with Crippen molar-refractivity contribution in [3.8, 4) is 11.4 Å². The van der Waals surface area contributed by atoms with E-state index in [1.165, 1.54) is 12.1 Å². The second-order valence-corrected chi connectivity index (χ2v) is 3.09. The van der Waals surface area contributed by atoms with E-state index in [2.05, 4.69) is 9.97 Å². The number of hydrogen-bond acceptors (Lipinski definition) is 3. The van der Waals surface area contributed by atoms with Crippen LogP contribution in [0.3, 0.4) is 0 Å². The number of nitrogens with zero attached hydrogens (tertiary/aromatic N) is 2. The Hall–Kier alpha value is -1.81. The molecule has 3 nitrogen and oxygen atoms in total. The zero-order chi connectivity index (χ0) is 10.7. The average Bonchev–Trinajstić information content (AvgIpc) is 2.29. The molecule has 0 bridgehead atoms. The largest absolute Gasteiger partial charge is 0.325 e. The number of benzene rings is 1. The Labute approximate surface area is 86.8 Å². The molecular formula is C11H10FN3. The van der Waals surface area contributed by atoms with Crippen molar-refractivity contribution in [2.24, 2.45) is 5.73 Å². The summed E-state index contributed by atoms with van der Waals surface area (Å²) in [6, 6.07) is 7.91. The van der Waals surface area contributed by atoms with Crippen LogP contribution in [0, 0.1) is 5.82 Å². The molecule has 1 aromatic carbocycles. The quantitative estimate of drug-likeness (QED) is 0.808. The van der Waals surface area contributed by atoms with Crippen molar-refractivity contribution >= 4 is 0 Å². The van der Waals surface area contributed by atoms with Gasteiger partial charge in [0.15, 0.2) is 5.82 Å². The summed E-state index contributed by atoms with van der Waals surface area (Å²) < 4.78 is 13.0. The first-order valence-corrected chi connectivity index (χ1v) is 4.57. The second-order valence-electron chi connectivity index (χ2n) is 3.09. The number of rotatable bonds is 2. The molecule has 0 spiro atoms. The van der Waals surface area contributed by atoms with Gasteiger partial charge in [-0.25, -0.2) is 14.4 Å². The Morgan fingerprint density at radius 1 is 1.27 bits per heavy atom. The predicted octanol–water partition coefficient (Wildman–Crippen LogP) is 1.74. The van der Waals surface area contributed by atoms with E-state index >= 15 is 0 Å². The van der Waals surface area contributed by atoms with E-state index < -0.39 is 0 Å². The van der Waals surface area contributed by atoms with E-state index in [4.69, 9.17) is 5.73 Å². The first kappa shape index (κ1) is 9.73. The molecule has 0 aliphatic rings. The summed E-state index contributed by atoms with van der Waals surface area (Å²) in [5.41, 5.74) is 6.86. The highest BCUT2D eigenvalue weighted by Crippen LogP contribution is 2.15. The van der Waals surface area contributed by atoms with Crippen molar-refractivity contribution in [3.63, 3.8) is 0 Å². The van der Waals surface area contributed by atoms with Crippen LogP contribution in [0.25, 0.3) is 11.4 Å². The van der Waals surface area contributed by atoms with Crippen LogP contribution in [0.1, 0.15) is 5.69 Å². The highest BCUT2D eigenvalue weighted by Gasteiger charge is 2.02. The van der Waals surface area contributed by atoms with E-state index in [0.717, 1.165) is 5.69 Å². The molecule has 76 valence electrons. The van der Waals surface area contributed by atoms with Crippen LogP contribution in [-0.4, -0.2) is 9.97 Å². The fraction of sp³-hybridized carbons (Fsp3) is 0.0909. The zero-order valence-electron chi connectivity index (χ0n) is 8.02. The van der Waals surface area contributed by atoms with Gasteiger partial charge in [-0.1, -0.05) is 12.1 Å². The molecule has 0 fully saturated rings. The molecule has 0 aliphatic carbocycles. The normalized spacial score (nSPS) is 10.3. The fourth-order valence-corrected chi connectivity index (χ4v) is 1.28. The third-order valence-electron chi connectivity index (χ3n) is 2.01. The van der Waals surface area contributed by atoms with E-state index in [1.807, 2.05) is 0 Å². The number of hydrogen-bond donors (Lipinski definition) is 1. The Morgan fingerprint density at radius 2 is 2.13 bits per heavy atom. The molecule has 4 heteroatoms. The van der Waals surface area contributed by atoms with Crippen molar-refractivity contribution < 1.29 is 4.39 Å². The van der Waals surface area contributed by atoms with Gasteiger partial charge in [-0.3, -0.25) is 0 Å². The molecule has 0 atom stereocenters. The van der Waals surface area contributed by atoms with E-state index in [-0.39, 0.29) is 5.82 Å². The standard InChI is InChI=1S/C11H10FN3/c12-9-3-1-2-8(6-9)11-14-5-4-10(7-13)15-11/h1-6H,7,13H2. The highest BCUT2D eigenvalue weighted by molar-refractivity contribution is 5.54. The Bertz CT molecular complexity index is 471. The molecule has 0 aliphatic heterocycles. The SMILES string of the molecule is NCc1ccnc(-c2cccc(F)c2)n1.